The molecule has 0 bridgehead atoms. The van der Waals surface area contributed by atoms with Crippen molar-refractivity contribution in [3.8, 4) is 5.75 Å². The number of aliphatic imine (C=N–C) groups is 1. The Morgan fingerprint density at radius 2 is 2.37 bits per heavy atom. The van der Waals surface area contributed by atoms with Crippen molar-refractivity contribution in [2.75, 3.05) is 13.7 Å². The van der Waals surface area contributed by atoms with Crippen LogP contribution >= 0.6 is 0 Å². The van der Waals surface area contributed by atoms with Gasteiger partial charge in [0.2, 0.25) is 5.91 Å². The van der Waals surface area contributed by atoms with E-state index in [4.69, 9.17) is 10.5 Å². The van der Waals surface area contributed by atoms with Crippen LogP contribution in [-0.4, -0.2) is 30.3 Å². The highest BCUT2D eigenvalue weighted by molar-refractivity contribution is 6.13. The Morgan fingerprint density at radius 3 is 3.11 bits per heavy atom. The van der Waals surface area contributed by atoms with Crippen LogP contribution in [0.4, 0.5) is 0 Å². The van der Waals surface area contributed by atoms with Gasteiger partial charge in [0.15, 0.2) is 0 Å². The van der Waals surface area contributed by atoms with Gasteiger partial charge in [-0.25, -0.2) is 0 Å². The summed E-state index contributed by atoms with van der Waals surface area (Å²) in [6.45, 7) is 0.694. The van der Waals surface area contributed by atoms with Crippen molar-refractivity contribution >= 4 is 22.5 Å². The lowest BCUT2D eigenvalue weighted by Crippen LogP contribution is -2.21. The summed E-state index contributed by atoms with van der Waals surface area (Å²) in [4.78, 5) is 18.8. The van der Waals surface area contributed by atoms with E-state index < -0.39 is 0 Å². The number of primary amides is 1. The van der Waals surface area contributed by atoms with Crippen LogP contribution in [0.2, 0.25) is 0 Å². The average Bonchev–Trinajstić information content (AvgIpc) is 2.77. The van der Waals surface area contributed by atoms with E-state index >= 15 is 0 Å². The van der Waals surface area contributed by atoms with Gasteiger partial charge in [-0.15, -0.1) is 0 Å². The zero-order valence-electron chi connectivity index (χ0n) is 10.7. The molecule has 2 heterocycles. The van der Waals surface area contributed by atoms with Crippen LogP contribution in [0.15, 0.2) is 23.2 Å². The molecule has 98 valence electrons. The van der Waals surface area contributed by atoms with Crippen LogP contribution < -0.4 is 10.5 Å². The zero-order valence-corrected chi connectivity index (χ0v) is 10.7. The monoisotopic (exact) mass is 257 g/mol. The molecule has 0 fully saturated rings. The molecule has 5 heteroatoms. The Kier molecular flexibility index (Phi) is 2.74. The predicted molar refractivity (Wildman–Crippen MR) is 73.8 cm³/mol. The van der Waals surface area contributed by atoms with E-state index in [0.29, 0.717) is 6.54 Å². The van der Waals surface area contributed by atoms with E-state index in [1.807, 2.05) is 18.2 Å². The molecular weight excluding hydrogens is 242 g/mol. The van der Waals surface area contributed by atoms with E-state index in [2.05, 4.69) is 9.98 Å². The number of aromatic amines is 1. The molecule has 3 rings (SSSR count). The number of H-pyrrole nitrogens is 1. The molecule has 2 aromatic rings. The Hall–Kier alpha value is -2.30. The van der Waals surface area contributed by atoms with Gasteiger partial charge in [0, 0.05) is 17.4 Å². The molecule has 3 N–H and O–H groups in total. The largest absolute Gasteiger partial charge is 0.497 e. The minimum Gasteiger partial charge on any atom is -0.497 e. The molecule has 0 atom stereocenters. The number of benzene rings is 1. The second-order valence-corrected chi connectivity index (χ2v) is 4.61. The second-order valence-electron chi connectivity index (χ2n) is 4.61. The number of hydrogen-bond acceptors (Lipinski definition) is 3. The van der Waals surface area contributed by atoms with Crippen LogP contribution in [0.1, 0.15) is 17.7 Å². The first kappa shape index (κ1) is 11.8. The third-order valence-corrected chi connectivity index (χ3v) is 3.41. The number of amides is 1. The number of ether oxygens (including phenoxy) is 1. The molecule has 1 amide bonds. The van der Waals surface area contributed by atoms with Crippen molar-refractivity contribution in [2.24, 2.45) is 10.7 Å². The fourth-order valence-electron chi connectivity index (χ4n) is 2.55. The number of hydrogen-bond donors (Lipinski definition) is 2. The van der Waals surface area contributed by atoms with E-state index in [-0.39, 0.29) is 12.3 Å². The fraction of sp³-hybridized carbons (Fsp3) is 0.286. The first-order valence-electron chi connectivity index (χ1n) is 6.19. The summed E-state index contributed by atoms with van der Waals surface area (Å²) in [5.74, 6) is 0.469. The summed E-state index contributed by atoms with van der Waals surface area (Å²) in [5.41, 5.74) is 9.19. The number of carbonyl (C=O) groups is 1. The lowest BCUT2D eigenvalue weighted by Gasteiger charge is -2.12. The standard InChI is InChI=1S/C14H15N3O2/c1-19-8-2-3-11-10(6-8)9-4-5-16-12(7-13(15)18)14(9)17-11/h2-3,6,17H,4-5,7H2,1H3,(H2,15,18). The molecule has 0 spiro atoms. The summed E-state index contributed by atoms with van der Waals surface area (Å²) in [7, 11) is 1.65. The number of nitrogens with one attached hydrogen (secondary N) is 1. The summed E-state index contributed by atoms with van der Waals surface area (Å²) in [6, 6.07) is 5.90. The number of carbonyl (C=O) groups excluding carboxylic acids is 1. The SMILES string of the molecule is COc1ccc2[nH]c3c(c2c1)CCN=C3CC(N)=O. The van der Waals surface area contributed by atoms with Crippen LogP contribution in [0.25, 0.3) is 10.9 Å². The molecule has 5 nitrogen and oxygen atoms in total. The number of aromatic nitrogens is 1. The molecule has 0 aliphatic carbocycles. The molecule has 0 radical (unpaired) electrons. The van der Waals surface area contributed by atoms with Gasteiger partial charge in [0.1, 0.15) is 5.75 Å². The van der Waals surface area contributed by atoms with Crippen LogP contribution in [0.3, 0.4) is 0 Å². The smallest absolute Gasteiger partial charge is 0.223 e. The van der Waals surface area contributed by atoms with E-state index in [9.17, 15) is 4.79 Å². The summed E-state index contributed by atoms with van der Waals surface area (Å²) in [5, 5.41) is 1.13. The molecule has 1 aliphatic heterocycles. The summed E-state index contributed by atoms with van der Waals surface area (Å²) >= 11 is 0. The van der Waals surface area contributed by atoms with E-state index in [1.165, 1.54) is 5.56 Å². The number of rotatable bonds is 3. The molecule has 1 aliphatic rings. The quantitative estimate of drug-likeness (QED) is 0.871. The Balaban J connectivity index is 2.14. The molecule has 1 aromatic heterocycles. The van der Waals surface area contributed by atoms with Gasteiger partial charge in [-0.3, -0.25) is 9.79 Å². The first-order chi connectivity index (χ1) is 9.19. The number of methoxy groups -OCH3 is 1. The highest BCUT2D eigenvalue weighted by Gasteiger charge is 2.20. The van der Waals surface area contributed by atoms with Crippen molar-refractivity contribution in [1.82, 2.24) is 4.98 Å². The number of nitrogens with two attached hydrogens (primary N) is 1. The average molecular weight is 257 g/mol. The maximum Gasteiger partial charge on any atom is 0.223 e. The van der Waals surface area contributed by atoms with Crippen molar-refractivity contribution < 1.29 is 9.53 Å². The Morgan fingerprint density at radius 1 is 1.53 bits per heavy atom. The van der Waals surface area contributed by atoms with E-state index in [1.54, 1.807) is 7.11 Å². The van der Waals surface area contributed by atoms with Gasteiger partial charge >= 0.3 is 0 Å². The van der Waals surface area contributed by atoms with Gasteiger partial charge in [0.25, 0.3) is 0 Å². The number of fused-ring (bicyclic) bond motifs is 3. The zero-order chi connectivity index (χ0) is 13.4. The fourth-order valence-corrected chi connectivity index (χ4v) is 2.55. The molecule has 1 aromatic carbocycles. The molecule has 19 heavy (non-hydrogen) atoms. The van der Waals surface area contributed by atoms with Crippen molar-refractivity contribution in [3.05, 3.63) is 29.5 Å². The predicted octanol–water partition coefficient (Wildman–Crippen LogP) is 1.40. The highest BCUT2D eigenvalue weighted by Crippen LogP contribution is 2.29. The maximum atomic E-state index is 11.1. The highest BCUT2D eigenvalue weighted by atomic mass is 16.5. The van der Waals surface area contributed by atoms with Crippen molar-refractivity contribution in [3.63, 3.8) is 0 Å². The van der Waals surface area contributed by atoms with Crippen molar-refractivity contribution in [1.29, 1.82) is 0 Å². The Labute approximate surface area is 110 Å². The minimum absolute atomic E-state index is 0.178. The van der Waals surface area contributed by atoms with Crippen LogP contribution in [-0.2, 0) is 11.2 Å². The lowest BCUT2D eigenvalue weighted by atomic mass is 10.0. The van der Waals surface area contributed by atoms with Gasteiger partial charge in [-0.2, -0.15) is 0 Å². The van der Waals surface area contributed by atoms with Crippen LogP contribution in [0.5, 0.6) is 5.75 Å². The summed E-state index contributed by atoms with van der Waals surface area (Å²) in [6.07, 6.45) is 1.04. The number of nitrogens with zero attached hydrogens (tertiary/aromatic N) is 1. The van der Waals surface area contributed by atoms with Crippen molar-refractivity contribution in [2.45, 2.75) is 12.8 Å². The lowest BCUT2D eigenvalue weighted by molar-refractivity contribution is -0.116. The topological polar surface area (TPSA) is 80.5 Å². The molecule has 0 unspecified atom stereocenters. The maximum absolute atomic E-state index is 11.1. The molecule has 0 saturated carbocycles. The third kappa shape index (κ3) is 1.97. The van der Waals surface area contributed by atoms with Gasteiger partial charge in [0.05, 0.1) is 24.9 Å². The van der Waals surface area contributed by atoms with Gasteiger partial charge in [-0.1, -0.05) is 0 Å². The van der Waals surface area contributed by atoms with Gasteiger partial charge in [-0.05, 0) is 30.2 Å². The minimum atomic E-state index is -0.358. The molecular formula is C14H15N3O2. The second kappa shape index (κ2) is 4.42. The third-order valence-electron chi connectivity index (χ3n) is 3.41. The molecule has 0 saturated heterocycles. The first-order valence-corrected chi connectivity index (χ1v) is 6.19. The van der Waals surface area contributed by atoms with Crippen LogP contribution in [0, 0.1) is 0 Å². The summed E-state index contributed by atoms with van der Waals surface area (Å²) < 4.78 is 5.26. The Bertz CT molecular complexity index is 685. The normalized spacial score (nSPS) is 14.1. The van der Waals surface area contributed by atoms with Gasteiger partial charge < -0.3 is 15.5 Å². The van der Waals surface area contributed by atoms with E-state index in [0.717, 1.165) is 34.5 Å².